The Labute approximate surface area is 415 Å². The Bertz CT molecular complexity index is 2680. The number of nitrogens with one attached hydrogen (secondary N) is 5. The number of rotatable bonds is 25. The van der Waals surface area contributed by atoms with Crippen molar-refractivity contribution in [3.05, 3.63) is 112 Å². The number of methoxy groups -OCH3 is 1. The lowest BCUT2D eigenvalue weighted by molar-refractivity contribution is -0.144. The molecule has 0 unspecified atom stereocenters. The van der Waals surface area contributed by atoms with Gasteiger partial charge in [-0.1, -0.05) is 38.1 Å². The monoisotopic (exact) mass is 970 g/mol. The lowest BCUT2D eigenvalue weighted by Gasteiger charge is -2.24. The van der Waals surface area contributed by atoms with Crippen LogP contribution in [-0.2, 0) is 32.1 Å². The first-order chi connectivity index (χ1) is 34.4. The summed E-state index contributed by atoms with van der Waals surface area (Å²) in [5, 5.41) is 15.9. The smallest absolute Gasteiger partial charge is 0.322 e. The molecule has 0 aliphatic carbocycles. The number of carbonyl (C=O) groups excluding carboxylic acids is 5. The lowest BCUT2D eigenvalue weighted by Crippen LogP contribution is -2.37. The van der Waals surface area contributed by atoms with Gasteiger partial charge in [0, 0.05) is 79.8 Å². The normalized spacial score (nSPS) is 13.8. The first kappa shape index (κ1) is 51.6. The summed E-state index contributed by atoms with van der Waals surface area (Å²) >= 11 is 0. The minimum atomic E-state index is -0.477. The number of likely N-dealkylation sites (tertiary alicyclic amines) is 1. The molecule has 7 rings (SSSR count). The van der Waals surface area contributed by atoms with E-state index in [1.54, 1.807) is 36.5 Å². The summed E-state index contributed by atoms with van der Waals surface area (Å²) in [6, 6.07) is 18.1. The van der Waals surface area contributed by atoms with Gasteiger partial charge in [-0.3, -0.25) is 29.2 Å². The fourth-order valence-electron chi connectivity index (χ4n) is 9.00. The van der Waals surface area contributed by atoms with Crippen molar-refractivity contribution in [3.63, 3.8) is 0 Å². The molecule has 17 nitrogen and oxygen atoms in total. The van der Waals surface area contributed by atoms with E-state index >= 15 is 0 Å². The molecule has 0 saturated carbocycles. The summed E-state index contributed by atoms with van der Waals surface area (Å²) < 4.78 is 17.3. The number of hydrogen-bond donors (Lipinski definition) is 5. The van der Waals surface area contributed by atoms with Crippen molar-refractivity contribution in [1.82, 2.24) is 35.2 Å². The third kappa shape index (κ3) is 14.0. The van der Waals surface area contributed by atoms with Crippen molar-refractivity contribution in [2.45, 2.75) is 72.8 Å². The number of urea groups is 1. The maximum atomic E-state index is 14.1. The molecule has 1 saturated heterocycles. The quantitative estimate of drug-likeness (QED) is 0.0284. The standard InChI is InChI=1S/C54H67N9O8/c1-6-61(7-2)23-20-55-53(67)51-36(3)48(58-37(51)4)32-45-44-30-38(16-18-46(44)59-52(45)66)28-42(64)13-11-15-50(65)71-27-25-63(35-39-12-10-14-43(29-39)69-5)54(68)60-47-19-17-40(41-33-56-57-34-41)31-49(47)70-26-24-62-21-8-9-22-62/h10,12,14,16-19,29-34,58H,6-9,11,13,15,20-28,35H2,1-5H3,(H,55,67)(H,56,57)(H,59,66)(H,60,68)/b45-32-. The maximum Gasteiger partial charge on any atom is 0.322 e. The molecule has 0 spiro atoms. The number of ether oxygens (including phenoxy) is 3. The van der Waals surface area contributed by atoms with Crippen LogP contribution < -0.4 is 25.4 Å². The molecule has 71 heavy (non-hydrogen) atoms. The van der Waals surface area contributed by atoms with E-state index in [1.165, 1.54) is 12.8 Å². The second-order valence-electron chi connectivity index (χ2n) is 17.9. The summed E-state index contributed by atoms with van der Waals surface area (Å²) in [5.41, 5.74) is 8.22. The van der Waals surface area contributed by atoms with E-state index in [1.807, 2.05) is 68.4 Å². The zero-order chi connectivity index (χ0) is 50.3. The third-order valence-electron chi connectivity index (χ3n) is 13.0. The predicted molar refractivity (Wildman–Crippen MR) is 274 cm³/mol. The highest BCUT2D eigenvalue weighted by molar-refractivity contribution is 6.35. The number of aromatic amines is 2. The van der Waals surface area contributed by atoms with Crippen LogP contribution in [0.3, 0.4) is 0 Å². The third-order valence-corrected chi connectivity index (χ3v) is 13.0. The Hall–Kier alpha value is -7.24. The number of aromatic nitrogens is 3. The largest absolute Gasteiger partial charge is 0.497 e. The topological polar surface area (TPSA) is 203 Å². The minimum absolute atomic E-state index is 0.0231. The molecular formula is C54H67N9O8. The molecule has 5 aromatic rings. The molecule has 1 fully saturated rings. The van der Waals surface area contributed by atoms with Gasteiger partial charge in [-0.15, -0.1) is 0 Å². The lowest BCUT2D eigenvalue weighted by atomic mass is 9.98. The molecule has 2 aromatic heterocycles. The van der Waals surface area contributed by atoms with Crippen molar-refractivity contribution >= 4 is 52.6 Å². The van der Waals surface area contributed by atoms with E-state index in [9.17, 15) is 24.0 Å². The minimum Gasteiger partial charge on any atom is -0.497 e. The molecule has 2 aliphatic heterocycles. The molecule has 2 aliphatic rings. The van der Waals surface area contributed by atoms with Crippen LogP contribution in [0.4, 0.5) is 16.2 Å². The van der Waals surface area contributed by atoms with Gasteiger partial charge in [-0.2, -0.15) is 5.10 Å². The number of ketones is 1. The van der Waals surface area contributed by atoms with Gasteiger partial charge in [0.25, 0.3) is 11.8 Å². The Balaban J connectivity index is 0.925. The van der Waals surface area contributed by atoms with Crippen LogP contribution in [0.15, 0.2) is 73.1 Å². The number of benzene rings is 3. The van der Waals surface area contributed by atoms with Crippen molar-refractivity contribution in [1.29, 1.82) is 0 Å². The van der Waals surface area contributed by atoms with Crippen LogP contribution in [-0.4, -0.2) is 132 Å². The molecule has 376 valence electrons. The molecule has 0 atom stereocenters. The molecule has 17 heteroatoms. The zero-order valence-corrected chi connectivity index (χ0v) is 41.6. The fraction of sp³-hybridized carbons (Fsp3) is 0.407. The number of anilines is 2. The van der Waals surface area contributed by atoms with Gasteiger partial charge in [0.2, 0.25) is 0 Å². The molecule has 0 radical (unpaired) electrons. The molecule has 0 bridgehead atoms. The highest BCUT2D eigenvalue weighted by atomic mass is 16.5. The Morgan fingerprint density at radius 1 is 0.915 bits per heavy atom. The van der Waals surface area contributed by atoms with Gasteiger partial charge < -0.3 is 44.9 Å². The van der Waals surface area contributed by atoms with E-state index < -0.39 is 12.0 Å². The molecule has 3 aromatic carbocycles. The zero-order valence-electron chi connectivity index (χ0n) is 41.6. The van der Waals surface area contributed by atoms with Gasteiger partial charge >= 0.3 is 12.0 Å². The van der Waals surface area contributed by atoms with Crippen molar-refractivity contribution in [3.8, 4) is 22.6 Å². The molecule has 5 N–H and O–H groups in total. The number of aryl methyl sites for hydroxylation is 1. The average Bonchev–Trinajstić information content (AvgIpc) is 4.20. The van der Waals surface area contributed by atoms with Gasteiger partial charge in [-0.25, -0.2) is 4.79 Å². The number of esters is 1. The van der Waals surface area contributed by atoms with Crippen LogP contribution in [0, 0.1) is 13.8 Å². The predicted octanol–water partition coefficient (Wildman–Crippen LogP) is 7.63. The summed E-state index contributed by atoms with van der Waals surface area (Å²) in [5.74, 6) is 0.191. The number of Topliss-reactive ketones (excluding diaryl/α,β-unsaturated/α-hetero) is 1. The Kier molecular flexibility index (Phi) is 18.2. The average molecular weight is 970 g/mol. The second kappa shape index (κ2) is 25.0. The van der Waals surface area contributed by atoms with E-state index in [2.05, 4.69) is 54.8 Å². The molecule has 4 heterocycles. The number of carbonyl (C=O) groups is 5. The first-order valence-electron chi connectivity index (χ1n) is 24.6. The van der Waals surface area contributed by atoms with E-state index in [0.717, 1.165) is 67.1 Å². The van der Waals surface area contributed by atoms with Crippen LogP contribution >= 0.6 is 0 Å². The number of hydrogen-bond acceptors (Lipinski definition) is 11. The maximum absolute atomic E-state index is 14.1. The second-order valence-corrected chi connectivity index (χ2v) is 17.9. The molecule has 4 amide bonds. The number of nitrogens with zero attached hydrogens (tertiary/aromatic N) is 4. The summed E-state index contributed by atoms with van der Waals surface area (Å²) in [7, 11) is 1.58. The SMILES string of the molecule is CCN(CC)CCNC(=O)c1c(C)[nH]c(/C=C2\C(=O)Nc3ccc(CC(=O)CCCC(=O)OCCN(Cc4cccc(OC)c4)C(=O)Nc4ccc(-c5cn[nH]c5)cc4OCCN4CCCC4)cc32)c1C. The fourth-order valence-corrected chi connectivity index (χ4v) is 9.00. The van der Waals surface area contributed by atoms with Crippen LogP contribution in [0.5, 0.6) is 11.5 Å². The van der Waals surface area contributed by atoms with Gasteiger partial charge in [-0.05, 0) is 124 Å². The van der Waals surface area contributed by atoms with Crippen LogP contribution in [0.25, 0.3) is 22.8 Å². The van der Waals surface area contributed by atoms with Gasteiger partial charge in [0.05, 0.1) is 36.7 Å². The Morgan fingerprint density at radius 3 is 2.49 bits per heavy atom. The molecular weight excluding hydrogens is 903 g/mol. The van der Waals surface area contributed by atoms with E-state index in [4.69, 9.17) is 14.2 Å². The van der Waals surface area contributed by atoms with E-state index in [0.29, 0.717) is 64.1 Å². The van der Waals surface area contributed by atoms with Crippen molar-refractivity contribution in [2.24, 2.45) is 0 Å². The van der Waals surface area contributed by atoms with Crippen LogP contribution in [0.1, 0.15) is 90.0 Å². The summed E-state index contributed by atoms with van der Waals surface area (Å²) in [6.07, 6.45) is 8.21. The Morgan fingerprint density at radius 2 is 1.73 bits per heavy atom. The van der Waals surface area contributed by atoms with Crippen molar-refractivity contribution in [2.75, 3.05) is 83.3 Å². The number of likely N-dealkylation sites (N-methyl/N-ethyl adjacent to an activating group) is 1. The summed E-state index contributed by atoms with van der Waals surface area (Å²) in [6.45, 7) is 14.5. The highest BCUT2D eigenvalue weighted by Crippen LogP contribution is 2.35. The van der Waals surface area contributed by atoms with Gasteiger partial charge in [0.1, 0.15) is 30.5 Å². The number of fused-ring (bicyclic) bond motifs is 1. The van der Waals surface area contributed by atoms with Crippen LogP contribution in [0.2, 0.25) is 0 Å². The first-order valence-corrected chi connectivity index (χ1v) is 24.6. The number of H-pyrrole nitrogens is 2. The van der Waals surface area contributed by atoms with Gasteiger partial charge in [0.15, 0.2) is 0 Å². The highest BCUT2D eigenvalue weighted by Gasteiger charge is 2.27. The van der Waals surface area contributed by atoms with E-state index in [-0.39, 0.29) is 63.0 Å². The summed E-state index contributed by atoms with van der Waals surface area (Å²) in [4.78, 5) is 76.1. The van der Waals surface area contributed by atoms with Crippen molar-refractivity contribution < 1.29 is 38.2 Å². The number of amides is 4.